The average molecular weight is 275 g/mol. The van der Waals surface area contributed by atoms with E-state index in [4.69, 9.17) is 10.1 Å². The summed E-state index contributed by atoms with van der Waals surface area (Å²) < 4.78 is 5.37. The molecular weight excluding hydrogens is 258 g/mol. The van der Waals surface area contributed by atoms with Crippen molar-refractivity contribution >= 4 is 11.9 Å². The number of nitrogens with one attached hydrogen (secondary N) is 2. The van der Waals surface area contributed by atoms with Crippen LogP contribution in [-0.4, -0.2) is 34.5 Å². The van der Waals surface area contributed by atoms with Crippen LogP contribution in [0.2, 0.25) is 0 Å². The minimum Gasteiger partial charge on any atom is -0.504 e. The summed E-state index contributed by atoms with van der Waals surface area (Å²) in [7, 11) is 0. The highest BCUT2D eigenvalue weighted by molar-refractivity contribution is 6.06. The second-order valence-electron chi connectivity index (χ2n) is 5.04. The molecule has 2 aliphatic rings. The van der Waals surface area contributed by atoms with E-state index < -0.39 is 6.04 Å². The number of amides is 2. The Morgan fingerprint density at radius 2 is 2.25 bits per heavy atom. The van der Waals surface area contributed by atoms with Gasteiger partial charge in [-0.3, -0.25) is 10.7 Å². The molecule has 3 N–H and O–H groups in total. The van der Waals surface area contributed by atoms with Gasteiger partial charge in [-0.05, 0) is 37.5 Å². The van der Waals surface area contributed by atoms with Crippen LogP contribution in [0.5, 0.6) is 11.5 Å². The monoisotopic (exact) mass is 275 g/mol. The van der Waals surface area contributed by atoms with E-state index >= 15 is 0 Å². The fourth-order valence-corrected chi connectivity index (χ4v) is 2.53. The largest absolute Gasteiger partial charge is 0.504 e. The van der Waals surface area contributed by atoms with Gasteiger partial charge in [-0.1, -0.05) is 6.07 Å². The van der Waals surface area contributed by atoms with Crippen LogP contribution in [0, 0.1) is 5.41 Å². The summed E-state index contributed by atoms with van der Waals surface area (Å²) in [4.78, 5) is 13.6. The Hall–Kier alpha value is -2.24. The summed E-state index contributed by atoms with van der Waals surface area (Å²) in [6, 6.07) is 4.57. The number of carbonyl (C=O) groups excluding carboxylic acids is 1. The summed E-state index contributed by atoms with van der Waals surface area (Å²) >= 11 is 0. The van der Waals surface area contributed by atoms with Gasteiger partial charge < -0.3 is 14.7 Å². The van der Waals surface area contributed by atoms with E-state index in [0.29, 0.717) is 12.4 Å². The number of carbonyl (C=O) groups is 1. The predicted octanol–water partition coefficient (Wildman–Crippen LogP) is 2.00. The van der Waals surface area contributed by atoms with E-state index in [1.807, 2.05) is 6.92 Å². The van der Waals surface area contributed by atoms with Crippen molar-refractivity contribution in [1.29, 1.82) is 5.41 Å². The molecule has 20 heavy (non-hydrogen) atoms. The van der Waals surface area contributed by atoms with E-state index in [-0.39, 0.29) is 23.7 Å². The lowest BCUT2D eigenvalue weighted by Gasteiger charge is -2.23. The standard InChI is InChI=1S/C14H17N3O3/c1-2-20-11-7-8(3-6-10(11)18)12-13(15)16-14(19)17(12)9-4-5-9/h3,6-7,9,12,18H,2,4-5H2,1H3,(H2,15,16,19). The zero-order chi connectivity index (χ0) is 14.3. The lowest BCUT2D eigenvalue weighted by atomic mass is 10.0. The minimum atomic E-state index is -0.408. The van der Waals surface area contributed by atoms with Gasteiger partial charge in [0.25, 0.3) is 0 Å². The quantitative estimate of drug-likeness (QED) is 0.785. The van der Waals surface area contributed by atoms with Crippen molar-refractivity contribution in [2.24, 2.45) is 0 Å². The highest BCUT2D eigenvalue weighted by Crippen LogP contribution is 2.39. The molecule has 0 aromatic heterocycles. The number of hydrogen-bond donors (Lipinski definition) is 3. The van der Waals surface area contributed by atoms with Gasteiger partial charge in [0.05, 0.1) is 6.61 Å². The van der Waals surface area contributed by atoms with E-state index in [1.54, 1.807) is 23.1 Å². The number of hydrogen-bond acceptors (Lipinski definition) is 4. The Kier molecular flexibility index (Phi) is 3.00. The molecule has 1 aliphatic carbocycles. The highest BCUT2D eigenvalue weighted by Gasteiger charge is 2.45. The minimum absolute atomic E-state index is 0.0670. The lowest BCUT2D eigenvalue weighted by molar-refractivity contribution is 0.202. The fourth-order valence-electron chi connectivity index (χ4n) is 2.53. The van der Waals surface area contributed by atoms with Crippen molar-refractivity contribution in [2.75, 3.05) is 6.61 Å². The molecule has 1 aromatic rings. The maximum atomic E-state index is 11.9. The molecule has 3 rings (SSSR count). The third kappa shape index (κ3) is 2.07. The SMILES string of the molecule is CCOc1cc(C2C(=N)NC(=O)N2C2CC2)ccc1O. The third-order valence-electron chi connectivity index (χ3n) is 3.57. The number of phenols is 1. The Bertz CT molecular complexity index is 569. The van der Waals surface area contributed by atoms with Gasteiger partial charge in [-0.25, -0.2) is 4.79 Å². The molecule has 1 heterocycles. The predicted molar refractivity (Wildman–Crippen MR) is 73.1 cm³/mol. The number of benzene rings is 1. The lowest BCUT2D eigenvalue weighted by Crippen LogP contribution is -2.31. The molecule has 1 unspecified atom stereocenters. The molecule has 1 aromatic carbocycles. The van der Waals surface area contributed by atoms with Gasteiger partial charge in [-0.15, -0.1) is 0 Å². The average Bonchev–Trinajstić information content (AvgIpc) is 3.18. The second-order valence-corrected chi connectivity index (χ2v) is 5.04. The molecule has 0 spiro atoms. The van der Waals surface area contributed by atoms with Crippen molar-refractivity contribution in [3.05, 3.63) is 23.8 Å². The van der Waals surface area contributed by atoms with Crippen LogP contribution in [0.25, 0.3) is 0 Å². The number of amidine groups is 1. The molecule has 106 valence electrons. The summed E-state index contributed by atoms with van der Waals surface area (Å²) in [6.45, 7) is 2.29. The van der Waals surface area contributed by atoms with Gasteiger partial charge in [0.1, 0.15) is 11.9 Å². The summed E-state index contributed by atoms with van der Waals surface area (Å²) in [5.41, 5.74) is 0.779. The molecule has 1 saturated heterocycles. The maximum Gasteiger partial charge on any atom is 0.323 e. The molecule has 2 fully saturated rings. The molecule has 1 atom stereocenters. The van der Waals surface area contributed by atoms with Gasteiger partial charge in [0.15, 0.2) is 11.5 Å². The van der Waals surface area contributed by atoms with Gasteiger partial charge in [0, 0.05) is 6.04 Å². The van der Waals surface area contributed by atoms with Gasteiger partial charge >= 0.3 is 6.03 Å². The van der Waals surface area contributed by atoms with Crippen LogP contribution < -0.4 is 10.1 Å². The van der Waals surface area contributed by atoms with Crippen LogP contribution >= 0.6 is 0 Å². The van der Waals surface area contributed by atoms with E-state index in [2.05, 4.69) is 5.32 Å². The van der Waals surface area contributed by atoms with Crippen LogP contribution in [0.1, 0.15) is 31.4 Å². The molecule has 6 heteroatoms. The first-order chi connectivity index (χ1) is 9.61. The van der Waals surface area contributed by atoms with Crippen molar-refractivity contribution in [2.45, 2.75) is 31.8 Å². The second kappa shape index (κ2) is 4.70. The van der Waals surface area contributed by atoms with Gasteiger partial charge in [-0.2, -0.15) is 0 Å². The van der Waals surface area contributed by atoms with Crippen molar-refractivity contribution in [3.63, 3.8) is 0 Å². The Morgan fingerprint density at radius 3 is 2.90 bits per heavy atom. The van der Waals surface area contributed by atoms with Crippen LogP contribution in [0.3, 0.4) is 0 Å². The van der Waals surface area contributed by atoms with E-state index in [1.165, 1.54) is 0 Å². The summed E-state index contributed by atoms with van der Waals surface area (Å²) in [5.74, 6) is 0.625. The fraction of sp³-hybridized carbons (Fsp3) is 0.429. The first-order valence-electron chi connectivity index (χ1n) is 6.75. The number of nitrogens with zero attached hydrogens (tertiary/aromatic N) is 1. The molecule has 6 nitrogen and oxygen atoms in total. The van der Waals surface area contributed by atoms with Crippen molar-refractivity contribution in [1.82, 2.24) is 10.2 Å². The van der Waals surface area contributed by atoms with Crippen molar-refractivity contribution in [3.8, 4) is 11.5 Å². The number of urea groups is 1. The third-order valence-corrected chi connectivity index (χ3v) is 3.57. The molecule has 2 amide bonds. The van der Waals surface area contributed by atoms with E-state index in [9.17, 15) is 9.90 Å². The molecule has 0 bridgehead atoms. The van der Waals surface area contributed by atoms with E-state index in [0.717, 1.165) is 18.4 Å². The molecular formula is C14H17N3O3. The smallest absolute Gasteiger partial charge is 0.323 e. The number of phenolic OH excluding ortho intramolecular Hbond substituents is 1. The number of ether oxygens (including phenoxy) is 1. The Morgan fingerprint density at radius 1 is 1.50 bits per heavy atom. The number of rotatable bonds is 4. The van der Waals surface area contributed by atoms with Crippen molar-refractivity contribution < 1.29 is 14.6 Å². The molecule has 0 radical (unpaired) electrons. The zero-order valence-corrected chi connectivity index (χ0v) is 11.2. The zero-order valence-electron chi connectivity index (χ0n) is 11.2. The highest BCUT2D eigenvalue weighted by atomic mass is 16.5. The van der Waals surface area contributed by atoms with Gasteiger partial charge in [0.2, 0.25) is 0 Å². The topological polar surface area (TPSA) is 85.7 Å². The normalized spacial score (nSPS) is 22.1. The van der Waals surface area contributed by atoms with Crippen LogP contribution in [0.4, 0.5) is 4.79 Å². The maximum absolute atomic E-state index is 11.9. The Labute approximate surface area is 116 Å². The summed E-state index contributed by atoms with van der Waals surface area (Å²) in [6.07, 6.45) is 1.96. The molecule has 1 saturated carbocycles. The first-order valence-corrected chi connectivity index (χ1v) is 6.75. The van der Waals surface area contributed by atoms with Crippen LogP contribution in [-0.2, 0) is 0 Å². The summed E-state index contributed by atoms with van der Waals surface area (Å²) in [5, 5.41) is 20.3. The molecule has 1 aliphatic heterocycles. The Balaban J connectivity index is 1.96. The van der Waals surface area contributed by atoms with Crippen LogP contribution in [0.15, 0.2) is 18.2 Å². The first kappa shape index (κ1) is 12.8. The number of aromatic hydroxyl groups is 1.